The molecule has 0 aliphatic carbocycles. The van der Waals surface area contributed by atoms with E-state index in [4.69, 9.17) is 4.74 Å². The van der Waals surface area contributed by atoms with E-state index in [1.807, 2.05) is 54.6 Å². The van der Waals surface area contributed by atoms with Gasteiger partial charge in [-0.25, -0.2) is 4.79 Å². The number of carbonyl (C=O) groups is 1. The smallest absolute Gasteiger partial charge is 0.321 e. The summed E-state index contributed by atoms with van der Waals surface area (Å²) in [5, 5.41) is 13.9. The molecule has 0 spiro atoms. The van der Waals surface area contributed by atoms with Crippen molar-refractivity contribution in [2.45, 2.75) is 45.1 Å². The van der Waals surface area contributed by atoms with E-state index in [1.165, 1.54) is 0 Å². The van der Waals surface area contributed by atoms with Crippen LogP contribution in [-0.4, -0.2) is 34.7 Å². The summed E-state index contributed by atoms with van der Waals surface area (Å²) in [5.74, 6) is 1.72. The number of hydrogen-bond acceptors (Lipinski definition) is 3. The van der Waals surface area contributed by atoms with Crippen molar-refractivity contribution in [1.82, 2.24) is 4.90 Å². The second kappa shape index (κ2) is 9.11. The zero-order valence-electron chi connectivity index (χ0n) is 16.7. The highest BCUT2D eigenvalue weighted by Crippen LogP contribution is 2.34. The average Bonchev–Trinajstić information content (AvgIpc) is 2.70. The van der Waals surface area contributed by atoms with Crippen LogP contribution in [0.25, 0.3) is 0 Å². The standard InChI is InChI=1S/C23H30N2O3/c1-3-18(4-2)23(27)13-15-25(16-14-23)22(26)24-19-9-8-12-21(17-19)28-20-10-6-5-7-11-20/h5-12,17-18,27H,3-4,13-16H2,1-2H3,(H,24,26). The summed E-state index contributed by atoms with van der Waals surface area (Å²) in [5.41, 5.74) is 0.0447. The molecule has 2 aromatic rings. The van der Waals surface area contributed by atoms with Gasteiger partial charge in [-0.05, 0) is 43.0 Å². The minimum Gasteiger partial charge on any atom is -0.457 e. The molecule has 5 nitrogen and oxygen atoms in total. The fourth-order valence-corrected chi connectivity index (χ4v) is 4.02. The fourth-order valence-electron chi connectivity index (χ4n) is 4.02. The van der Waals surface area contributed by atoms with Crippen molar-refractivity contribution >= 4 is 11.7 Å². The van der Waals surface area contributed by atoms with Crippen LogP contribution in [0.15, 0.2) is 54.6 Å². The van der Waals surface area contributed by atoms with Crippen LogP contribution in [0.1, 0.15) is 39.5 Å². The number of nitrogens with zero attached hydrogens (tertiary/aromatic N) is 1. The Hall–Kier alpha value is -2.53. The number of likely N-dealkylation sites (tertiary alicyclic amines) is 1. The molecular formula is C23H30N2O3. The van der Waals surface area contributed by atoms with Gasteiger partial charge in [0.1, 0.15) is 11.5 Å². The van der Waals surface area contributed by atoms with Crippen LogP contribution in [0.4, 0.5) is 10.5 Å². The molecule has 3 rings (SSSR count). The molecule has 28 heavy (non-hydrogen) atoms. The number of aliphatic hydroxyl groups is 1. The quantitative estimate of drug-likeness (QED) is 0.715. The maximum atomic E-state index is 12.6. The summed E-state index contributed by atoms with van der Waals surface area (Å²) in [4.78, 5) is 14.4. The number of hydrogen-bond donors (Lipinski definition) is 2. The third-order valence-electron chi connectivity index (χ3n) is 5.73. The monoisotopic (exact) mass is 382 g/mol. The normalized spacial score (nSPS) is 16.1. The van der Waals surface area contributed by atoms with Crippen molar-refractivity contribution in [3.63, 3.8) is 0 Å². The van der Waals surface area contributed by atoms with Gasteiger partial charge in [0.15, 0.2) is 0 Å². The van der Waals surface area contributed by atoms with Gasteiger partial charge in [-0.15, -0.1) is 0 Å². The Morgan fingerprint density at radius 1 is 1.07 bits per heavy atom. The maximum Gasteiger partial charge on any atom is 0.321 e. The van der Waals surface area contributed by atoms with Gasteiger partial charge in [0.2, 0.25) is 0 Å². The lowest BCUT2D eigenvalue weighted by molar-refractivity contribution is -0.0619. The number of ether oxygens (including phenoxy) is 1. The molecule has 0 unspecified atom stereocenters. The molecule has 1 aliphatic heterocycles. The van der Waals surface area contributed by atoms with E-state index < -0.39 is 5.60 Å². The van der Waals surface area contributed by atoms with Gasteiger partial charge in [0, 0.05) is 24.8 Å². The maximum absolute atomic E-state index is 12.6. The molecule has 0 bridgehead atoms. The first kappa shape index (κ1) is 20.2. The van der Waals surface area contributed by atoms with Crippen molar-refractivity contribution in [1.29, 1.82) is 0 Å². The van der Waals surface area contributed by atoms with Gasteiger partial charge >= 0.3 is 6.03 Å². The lowest BCUT2D eigenvalue weighted by Gasteiger charge is -2.42. The molecule has 1 heterocycles. The number of piperidine rings is 1. The summed E-state index contributed by atoms with van der Waals surface area (Å²) in [6.45, 7) is 5.38. The molecule has 150 valence electrons. The highest BCUT2D eigenvalue weighted by molar-refractivity contribution is 5.89. The summed E-state index contributed by atoms with van der Waals surface area (Å²) in [7, 11) is 0. The van der Waals surface area contributed by atoms with E-state index in [0.717, 1.165) is 18.6 Å². The predicted octanol–water partition coefficient (Wildman–Crippen LogP) is 5.27. The van der Waals surface area contributed by atoms with Crippen LogP contribution < -0.4 is 10.1 Å². The van der Waals surface area contributed by atoms with Crippen LogP contribution in [0.5, 0.6) is 11.5 Å². The largest absolute Gasteiger partial charge is 0.457 e. The summed E-state index contributed by atoms with van der Waals surface area (Å²) >= 11 is 0. The van der Waals surface area contributed by atoms with Gasteiger partial charge in [-0.2, -0.15) is 0 Å². The van der Waals surface area contributed by atoms with Crippen molar-refractivity contribution in [3.8, 4) is 11.5 Å². The summed E-state index contributed by atoms with van der Waals surface area (Å²) < 4.78 is 5.83. The number of urea groups is 1. The zero-order valence-corrected chi connectivity index (χ0v) is 16.7. The third kappa shape index (κ3) is 4.84. The molecular weight excluding hydrogens is 352 g/mol. The predicted molar refractivity (Wildman–Crippen MR) is 112 cm³/mol. The minimum atomic E-state index is -0.649. The first-order valence-corrected chi connectivity index (χ1v) is 10.2. The van der Waals surface area contributed by atoms with E-state index in [9.17, 15) is 9.90 Å². The molecule has 0 aromatic heterocycles. The number of rotatable bonds is 6. The van der Waals surface area contributed by atoms with Gasteiger partial charge in [-0.1, -0.05) is 51.0 Å². The molecule has 5 heteroatoms. The Morgan fingerprint density at radius 3 is 2.36 bits per heavy atom. The van der Waals surface area contributed by atoms with Gasteiger partial charge in [0.25, 0.3) is 0 Å². The number of nitrogens with one attached hydrogen (secondary N) is 1. The zero-order chi connectivity index (χ0) is 20.0. The summed E-state index contributed by atoms with van der Waals surface area (Å²) in [6.07, 6.45) is 3.19. The van der Waals surface area contributed by atoms with Gasteiger partial charge in [-0.3, -0.25) is 0 Å². The molecule has 1 aliphatic rings. The van der Waals surface area contributed by atoms with Gasteiger partial charge in [0.05, 0.1) is 5.60 Å². The Labute approximate surface area is 167 Å². The molecule has 0 radical (unpaired) electrons. The fraction of sp³-hybridized carbons (Fsp3) is 0.435. The number of benzene rings is 2. The number of amides is 2. The molecule has 2 aromatic carbocycles. The highest BCUT2D eigenvalue weighted by atomic mass is 16.5. The topological polar surface area (TPSA) is 61.8 Å². The van der Waals surface area contributed by atoms with Crippen molar-refractivity contribution in [2.24, 2.45) is 5.92 Å². The Kier molecular flexibility index (Phi) is 6.57. The van der Waals surface area contributed by atoms with E-state index in [-0.39, 0.29) is 6.03 Å². The first-order chi connectivity index (χ1) is 13.5. The molecule has 1 saturated heterocycles. The van der Waals surface area contributed by atoms with Crippen LogP contribution in [0.2, 0.25) is 0 Å². The second-order valence-electron chi connectivity index (χ2n) is 7.48. The van der Waals surface area contributed by atoms with Crippen LogP contribution in [0.3, 0.4) is 0 Å². The van der Waals surface area contributed by atoms with Crippen LogP contribution >= 0.6 is 0 Å². The van der Waals surface area contributed by atoms with Crippen molar-refractivity contribution in [2.75, 3.05) is 18.4 Å². The molecule has 0 atom stereocenters. The Bertz CT molecular complexity index is 766. The third-order valence-corrected chi connectivity index (χ3v) is 5.73. The van der Waals surface area contributed by atoms with Gasteiger partial charge < -0.3 is 20.1 Å². The second-order valence-corrected chi connectivity index (χ2v) is 7.48. The average molecular weight is 383 g/mol. The number of carbonyl (C=O) groups excluding carboxylic acids is 1. The number of para-hydroxylation sites is 1. The minimum absolute atomic E-state index is 0.136. The molecule has 0 saturated carbocycles. The van der Waals surface area contributed by atoms with E-state index in [1.54, 1.807) is 4.90 Å². The lowest BCUT2D eigenvalue weighted by atomic mass is 9.77. The Balaban J connectivity index is 1.58. The lowest BCUT2D eigenvalue weighted by Crippen LogP contribution is -2.51. The molecule has 2 N–H and O–H groups in total. The molecule has 2 amide bonds. The molecule has 1 fully saturated rings. The van der Waals surface area contributed by atoms with E-state index >= 15 is 0 Å². The van der Waals surface area contributed by atoms with Crippen LogP contribution in [0, 0.1) is 5.92 Å². The Morgan fingerprint density at radius 2 is 1.71 bits per heavy atom. The number of anilines is 1. The SMILES string of the molecule is CCC(CC)C1(O)CCN(C(=O)Nc2cccc(Oc3ccccc3)c2)CC1. The first-order valence-electron chi connectivity index (χ1n) is 10.2. The summed E-state index contributed by atoms with van der Waals surface area (Å²) in [6, 6.07) is 16.8. The van der Waals surface area contributed by atoms with Crippen molar-refractivity contribution < 1.29 is 14.6 Å². The van der Waals surface area contributed by atoms with E-state index in [2.05, 4.69) is 19.2 Å². The van der Waals surface area contributed by atoms with Crippen molar-refractivity contribution in [3.05, 3.63) is 54.6 Å². The van der Waals surface area contributed by atoms with E-state index in [0.29, 0.717) is 43.3 Å². The van der Waals surface area contributed by atoms with Crippen LogP contribution in [-0.2, 0) is 0 Å². The highest BCUT2D eigenvalue weighted by Gasteiger charge is 2.38.